The molecule has 18 nitrogen and oxygen atoms in total. The van der Waals surface area contributed by atoms with Gasteiger partial charge >= 0.3 is 12.2 Å². The maximum atomic E-state index is 12.8. The minimum absolute atomic E-state index is 0.0915. The SMILES string of the molecule is COc1cc(Nc2nc(NC3CCCCC3NC(=O)OC(C)(C)C)n3ccnc3c2C(N)=O)cc(OCCOCCOCCOCCNC(=O)OCc2ccccc2)c1. The number of alkyl carbamates (subject to hydrolysis) is 2. The summed E-state index contributed by atoms with van der Waals surface area (Å²) in [5.74, 6) is 0.854. The van der Waals surface area contributed by atoms with E-state index in [-0.39, 0.29) is 36.7 Å². The standard InChI is InChI=1S/C41H56N8O10/c1-41(2,3)59-40(52)47-33-13-9-8-12-32(33)46-38-48-36(34(35(42)50)37-43-14-16-49(37)38)45-29-24-30(53-4)26-31(25-29)57-23-22-56-21-20-55-19-18-54-17-15-44-39(51)58-27-28-10-6-5-7-11-28/h5-7,10-11,14,16,24-26,32-33,45H,8-9,12-13,15,17-23,27H2,1-4H3,(H2,42,50)(H,44,51)(H,46,48)(H,47,52). The van der Waals surface area contributed by atoms with Crippen LogP contribution in [0.25, 0.3) is 5.65 Å². The highest BCUT2D eigenvalue weighted by Crippen LogP contribution is 2.31. The molecular weight excluding hydrogens is 764 g/mol. The molecule has 6 N–H and O–H groups in total. The number of fused-ring (bicyclic) bond motifs is 1. The highest BCUT2D eigenvalue weighted by atomic mass is 16.6. The molecule has 0 aliphatic heterocycles. The number of primary amides is 1. The lowest BCUT2D eigenvalue weighted by Gasteiger charge is -2.34. The lowest BCUT2D eigenvalue weighted by molar-refractivity contribution is 0.00977. The molecular formula is C41H56N8O10. The van der Waals surface area contributed by atoms with Gasteiger partial charge in [-0.05, 0) is 39.2 Å². The first-order valence-electron chi connectivity index (χ1n) is 19.7. The number of methoxy groups -OCH3 is 1. The first-order chi connectivity index (χ1) is 28.5. The molecule has 3 amide bonds. The fraction of sp³-hybridized carbons (Fsp3) is 0.488. The van der Waals surface area contributed by atoms with Crippen molar-refractivity contribution in [1.29, 1.82) is 0 Å². The summed E-state index contributed by atoms with van der Waals surface area (Å²) in [5.41, 5.74) is 7.09. The number of benzene rings is 2. The van der Waals surface area contributed by atoms with Crippen molar-refractivity contribution in [3.8, 4) is 11.5 Å². The van der Waals surface area contributed by atoms with E-state index in [0.717, 1.165) is 31.2 Å². The normalized spacial score (nSPS) is 15.3. The van der Waals surface area contributed by atoms with E-state index in [9.17, 15) is 14.4 Å². The molecule has 5 rings (SSSR count). The number of ether oxygens (including phenoxy) is 7. The van der Waals surface area contributed by atoms with Crippen molar-refractivity contribution >= 4 is 41.2 Å². The number of hydrogen-bond acceptors (Lipinski definition) is 14. The Bertz CT molecular complexity index is 1960. The van der Waals surface area contributed by atoms with Gasteiger partial charge in [0, 0.05) is 48.9 Å². The number of carbonyl (C=O) groups excluding carboxylic acids is 3. The van der Waals surface area contributed by atoms with Gasteiger partial charge in [-0.3, -0.25) is 9.20 Å². The second kappa shape index (κ2) is 22.3. The number of anilines is 3. The van der Waals surface area contributed by atoms with Gasteiger partial charge in [0.15, 0.2) is 11.5 Å². The molecule has 1 fully saturated rings. The lowest BCUT2D eigenvalue weighted by Crippen LogP contribution is -2.50. The van der Waals surface area contributed by atoms with Crippen molar-refractivity contribution in [2.45, 2.75) is 70.7 Å². The predicted octanol–water partition coefficient (Wildman–Crippen LogP) is 5.18. The first kappa shape index (κ1) is 44.3. The summed E-state index contributed by atoms with van der Waals surface area (Å²) < 4.78 is 40.5. The van der Waals surface area contributed by atoms with Gasteiger partial charge in [-0.1, -0.05) is 43.2 Å². The molecule has 320 valence electrons. The summed E-state index contributed by atoms with van der Waals surface area (Å²) in [5, 5.41) is 12.4. The third-order valence-corrected chi connectivity index (χ3v) is 8.92. The van der Waals surface area contributed by atoms with Crippen LogP contribution in [0.2, 0.25) is 0 Å². The number of aromatic nitrogens is 3. The predicted molar refractivity (Wildman–Crippen MR) is 219 cm³/mol. The van der Waals surface area contributed by atoms with Gasteiger partial charge in [0.05, 0.1) is 52.8 Å². The van der Waals surface area contributed by atoms with E-state index >= 15 is 0 Å². The van der Waals surface area contributed by atoms with Crippen molar-refractivity contribution < 1.29 is 47.5 Å². The third-order valence-electron chi connectivity index (χ3n) is 8.92. The summed E-state index contributed by atoms with van der Waals surface area (Å²) in [6.07, 6.45) is 5.71. The Balaban J connectivity index is 1.07. The maximum absolute atomic E-state index is 12.8. The molecule has 2 aromatic heterocycles. The Morgan fingerprint density at radius 3 is 2.24 bits per heavy atom. The van der Waals surface area contributed by atoms with E-state index in [1.165, 1.54) is 7.11 Å². The summed E-state index contributed by atoms with van der Waals surface area (Å²) in [6, 6.07) is 14.3. The van der Waals surface area contributed by atoms with E-state index in [0.29, 0.717) is 75.0 Å². The highest BCUT2D eigenvalue weighted by Gasteiger charge is 2.30. The van der Waals surface area contributed by atoms with Crippen molar-refractivity contribution in [3.63, 3.8) is 0 Å². The topological polar surface area (TPSA) is 220 Å². The van der Waals surface area contributed by atoms with E-state index in [4.69, 9.17) is 43.9 Å². The lowest BCUT2D eigenvalue weighted by atomic mass is 9.90. The molecule has 2 heterocycles. The van der Waals surface area contributed by atoms with E-state index in [1.54, 1.807) is 35.0 Å². The minimum atomic E-state index is -0.718. The molecule has 0 bridgehead atoms. The summed E-state index contributed by atoms with van der Waals surface area (Å²) in [7, 11) is 1.54. The Hall–Kier alpha value is -5.85. The molecule has 1 aliphatic carbocycles. The zero-order chi connectivity index (χ0) is 42.0. The first-order valence-corrected chi connectivity index (χ1v) is 19.7. The van der Waals surface area contributed by atoms with Crippen LogP contribution in [-0.4, -0.2) is 110 Å². The van der Waals surface area contributed by atoms with Crippen LogP contribution in [0.15, 0.2) is 60.9 Å². The van der Waals surface area contributed by atoms with Gasteiger partial charge in [-0.2, -0.15) is 4.98 Å². The molecule has 1 saturated carbocycles. The maximum Gasteiger partial charge on any atom is 0.407 e. The summed E-state index contributed by atoms with van der Waals surface area (Å²) in [6.45, 7) is 8.35. The Labute approximate surface area is 343 Å². The van der Waals surface area contributed by atoms with Crippen LogP contribution >= 0.6 is 0 Å². The number of carbonyl (C=O) groups is 3. The highest BCUT2D eigenvalue weighted by molar-refractivity contribution is 6.04. The number of imidazole rings is 1. The van der Waals surface area contributed by atoms with Crippen LogP contribution in [0.1, 0.15) is 62.4 Å². The zero-order valence-corrected chi connectivity index (χ0v) is 34.1. The van der Waals surface area contributed by atoms with Crippen molar-refractivity contribution in [3.05, 3.63) is 72.1 Å². The molecule has 2 aromatic carbocycles. The van der Waals surface area contributed by atoms with Crippen LogP contribution < -0.4 is 36.5 Å². The van der Waals surface area contributed by atoms with Crippen molar-refractivity contribution in [2.24, 2.45) is 5.73 Å². The van der Waals surface area contributed by atoms with Crippen LogP contribution in [-0.2, 0) is 30.3 Å². The van der Waals surface area contributed by atoms with Crippen LogP contribution in [0.5, 0.6) is 11.5 Å². The van der Waals surface area contributed by atoms with E-state index in [1.807, 2.05) is 51.1 Å². The van der Waals surface area contributed by atoms with Gasteiger partial charge in [0.1, 0.15) is 35.9 Å². The number of rotatable bonds is 22. The van der Waals surface area contributed by atoms with Gasteiger partial charge in [-0.15, -0.1) is 0 Å². The number of amides is 3. The smallest absolute Gasteiger partial charge is 0.407 e. The average Bonchev–Trinajstić information content (AvgIpc) is 3.69. The van der Waals surface area contributed by atoms with Crippen molar-refractivity contribution in [2.75, 3.05) is 70.5 Å². The minimum Gasteiger partial charge on any atom is -0.497 e. The Morgan fingerprint density at radius 2 is 1.54 bits per heavy atom. The number of nitrogens with one attached hydrogen (secondary N) is 4. The summed E-state index contributed by atoms with van der Waals surface area (Å²) in [4.78, 5) is 46.5. The average molecular weight is 821 g/mol. The third kappa shape index (κ3) is 14.5. The van der Waals surface area contributed by atoms with Gasteiger partial charge < -0.3 is 60.2 Å². The molecule has 0 spiro atoms. The molecule has 0 radical (unpaired) electrons. The van der Waals surface area contributed by atoms with E-state index < -0.39 is 23.7 Å². The molecule has 1 aliphatic rings. The van der Waals surface area contributed by atoms with Crippen LogP contribution in [0.3, 0.4) is 0 Å². The van der Waals surface area contributed by atoms with Gasteiger partial charge in [0.25, 0.3) is 5.91 Å². The zero-order valence-electron chi connectivity index (χ0n) is 34.1. The van der Waals surface area contributed by atoms with Crippen molar-refractivity contribution in [1.82, 2.24) is 25.0 Å². The fourth-order valence-corrected chi connectivity index (χ4v) is 6.24. The van der Waals surface area contributed by atoms with Crippen LogP contribution in [0, 0.1) is 0 Å². The van der Waals surface area contributed by atoms with Crippen LogP contribution in [0.4, 0.5) is 27.0 Å². The fourth-order valence-electron chi connectivity index (χ4n) is 6.24. The molecule has 0 saturated heterocycles. The Kier molecular flexibility index (Phi) is 16.8. The molecule has 2 atom stereocenters. The van der Waals surface area contributed by atoms with E-state index in [2.05, 4.69) is 26.3 Å². The monoisotopic (exact) mass is 820 g/mol. The Morgan fingerprint density at radius 1 is 0.864 bits per heavy atom. The van der Waals surface area contributed by atoms with Gasteiger partial charge in [-0.25, -0.2) is 14.6 Å². The second-order valence-corrected chi connectivity index (χ2v) is 14.6. The largest absolute Gasteiger partial charge is 0.497 e. The van der Waals surface area contributed by atoms with Gasteiger partial charge in [0.2, 0.25) is 5.95 Å². The quantitative estimate of drug-likeness (QED) is 0.0645. The number of hydrogen-bond donors (Lipinski definition) is 5. The molecule has 18 heteroatoms. The summed E-state index contributed by atoms with van der Waals surface area (Å²) >= 11 is 0. The number of nitrogens with zero attached hydrogens (tertiary/aromatic N) is 3. The molecule has 4 aromatic rings. The second-order valence-electron chi connectivity index (χ2n) is 14.6. The number of nitrogens with two attached hydrogens (primary N) is 1. The molecule has 2 unspecified atom stereocenters. The molecule has 59 heavy (non-hydrogen) atoms.